The van der Waals surface area contributed by atoms with Crippen molar-refractivity contribution >= 4 is 28.1 Å². The fourth-order valence-electron chi connectivity index (χ4n) is 2.90. The van der Waals surface area contributed by atoms with Gasteiger partial charge in [-0.3, -0.25) is 9.59 Å². The van der Waals surface area contributed by atoms with Crippen molar-refractivity contribution in [1.29, 1.82) is 0 Å². The van der Waals surface area contributed by atoms with Crippen LogP contribution in [-0.2, 0) is 19.6 Å². The lowest BCUT2D eigenvalue weighted by Crippen LogP contribution is -2.46. The van der Waals surface area contributed by atoms with Crippen LogP contribution in [0.15, 0.2) is 52.5 Å². The predicted octanol–water partition coefficient (Wildman–Crippen LogP) is 2.77. The summed E-state index contributed by atoms with van der Waals surface area (Å²) in [7, 11) is -2.46. The second-order valence-electron chi connectivity index (χ2n) is 7.85. The number of hydrogen-bond donors (Lipinski definition) is 2. The molecule has 178 valence electrons. The zero-order valence-electron chi connectivity index (χ0n) is 19.3. The molecule has 0 aromatic heterocycles. The molecule has 9 nitrogen and oxygen atoms in total. The largest absolute Gasteiger partial charge is 0.493 e. The maximum Gasteiger partial charge on any atom is 0.308 e. The molecule has 0 aliphatic rings. The molecule has 0 aliphatic carbocycles. The molecule has 0 heterocycles. The Hall–Kier alpha value is -3.24. The van der Waals surface area contributed by atoms with Crippen molar-refractivity contribution in [3.63, 3.8) is 0 Å². The Labute approximate surface area is 194 Å². The van der Waals surface area contributed by atoms with Gasteiger partial charge in [0.2, 0.25) is 10.0 Å². The van der Waals surface area contributed by atoms with Crippen molar-refractivity contribution in [2.75, 3.05) is 7.11 Å². The fourth-order valence-corrected chi connectivity index (χ4v) is 4.11. The first kappa shape index (κ1) is 26.0. The van der Waals surface area contributed by atoms with Crippen LogP contribution in [0, 0.1) is 12.8 Å². The molecule has 2 rings (SSSR count). The third-order valence-electron chi connectivity index (χ3n) is 4.48. The summed E-state index contributed by atoms with van der Waals surface area (Å²) in [5.41, 5.74) is 3.88. The number of carbonyl (C=O) groups excluding carboxylic acids is 2. The van der Waals surface area contributed by atoms with Crippen LogP contribution >= 0.6 is 0 Å². The van der Waals surface area contributed by atoms with Gasteiger partial charge >= 0.3 is 5.97 Å². The van der Waals surface area contributed by atoms with Gasteiger partial charge < -0.3 is 9.47 Å². The van der Waals surface area contributed by atoms with Crippen molar-refractivity contribution < 1.29 is 27.5 Å². The summed E-state index contributed by atoms with van der Waals surface area (Å²) >= 11 is 0. The van der Waals surface area contributed by atoms with E-state index in [1.807, 2.05) is 20.8 Å². The molecule has 0 unspecified atom stereocenters. The fraction of sp³-hybridized carbons (Fsp3) is 0.348. The van der Waals surface area contributed by atoms with Gasteiger partial charge in [0.25, 0.3) is 5.91 Å². The number of nitrogens with one attached hydrogen (secondary N) is 2. The Morgan fingerprint density at radius 2 is 1.76 bits per heavy atom. The standard InChI is InChI=1S/C23H29N3O6S/c1-15(2)12-20(26-33(29,30)19-9-6-16(3)7-10-19)23(28)25-24-14-18-8-11-21(32-17(4)27)22(13-18)31-5/h6-11,13-15,20,26H,12H2,1-5H3,(H,25,28)/b24-14-/t20-/m1/s1. The summed E-state index contributed by atoms with van der Waals surface area (Å²) in [6.45, 7) is 6.92. The van der Waals surface area contributed by atoms with Crippen molar-refractivity contribution in [1.82, 2.24) is 10.1 Å². The molecule has 1 amide bonds. The summed E-state index contributed by atoms with van der Waals surface area (Å²) < 4.78 is 38.2. The van der Waals surface area contributed by atoms with Gasteiger partial charge in [0.1, 0.15) is 6.04 Å². The number of rotatable bonds is 10. The van der Waals surface area contributed by atoms with Crippen LogP contribution < -0.4 is 19.6 Å². The van der Waals surface area contributed by atoms with Crippen molar-refractivity contribution in [2.45, 2.75) is 45.1 Å². The van der Waals surface area contributed by atoms with Crippen molar-refractivity contribution in [3.8, 4) is 11.5 Å². The zero-order valence-corrected chi connectivity index (χ0v) is 20.1. The number of sulfonamides is 1. The molecule has 0 saturated carbocycles. The number of amides is 1. The van der Waals surface area contributed by atoms with E-state index in [2.05, 4.69) is 15.2 Å². The monoisotopic (exact) mass is 475 g/mol. The van der Waals surface area contributed by atoms with E-state index in [1.165, 1.54) is 32.4 Å². The van der Waals surface area contributed by atoms with Gasteiger partial charge in [-0.25, -0.2) is 13.8 Å². The molecule has 2 aromatic carbocycles. The lowest BCUT2D eigenvalue weighted by Gasteiger charge is -2.19. The third kappa shape index (κ3) is 7.99. The summed E-state index contributed by atoms with van der Waals surface area (Å²) in [6.07, 6.45) is 1.66. The normalized spacial score (nSPS) is 12.5. The first-order valence-corrected chi connectivity index (χ1v) is 11.8. The highest BCUT2D eigenvalue weighted by atomic mass is 32.2. The second-order valence-corrected chi connectivity index (χ2v) is 9.57. The van der Waals surface area contributed by atoms with E-state index >= 15 is 0 Å². The average molecular weight is 476 g/mol. The molecular formula is C23H29N3O6S. The maximum absolute atomic E-state index is 12.7. The summed E-state index contributed by atoms with van der Waals surface area (Å²) in [5, 5.41) is 3.93. The highest BCUT2D eigenvalue weighted by Gasteiger charge is 2.26. The molecule has 0 radical (unpaired) electrons. The van der Waals surface area contributed by atoms with E-state index in [9.17, 15) is 18.0 Å². The predicted molar refractivity (Wildman–Crippen MR) is 125 cm³/mol. The van der Waals surface area contributed by atoms with Crippen LogP contribution in [0.5, 0.6) is 11.5 Å². The topological polar surface area (TPSA) is 123 Å². The van der Waals surface area contributed by atoms with E-state index in [-0.39, 0.29) is 23.0 Å². The summed E-state index contributed by atoms with van der Waals surface area (Å²) in [6, 6.07) is 10.1. The van der Waals surface area contributed by atoms with E-state index in [1.54, 1.807) is 30.3 Å². The lowest BCUT2D eigenvalue weighted by molar-refractivity contribution is -0.132. The van der Waals surface area contributed by atoms with E-state index in [0.29, 0.717) is 11.3 Å². The van der Waals surface area contributed by atoms with Gasteiger partial charge in [-0.2, -0.15) is 9.82 Å². The van der Waals surface area contributed by atoms with Crippen molar-refractivity contribution in [2.24, 2.45) is 11.0 Å². The zero-order chi connectivity index (χ0) is 24.6. The smallest absolute Gasteiger partial charge is 0.308 e. The molecule has 0 spiro atoms. The molecule has 0 fully saturated rings. The number of carbonyl (C=O) groups is 2. The SMILES string of the molecule is COc1cc(/C=N\NC(=O)[C@@H](CC(C)C)NS(=O)(=O)c2ccc(C)cc2)ccc1OC(C)=O. The number of ether oxygens (including phenoxy) is 2. The van der Waals surface area contributed by atoms with E-state index in [0.717, 1.165) is 5.56 Å². The van der Waals surface area contributed by atoms with Crippen LogP contribution in [0.25, 0.3) is 0 Å². The minimum atomic E-state index is -3.89. The van der Waals surface area contributed by atoms with Gasteiger partial charge in [0, 0.05) is 6.92 Å². The first-order valence-electron chi connectivity index (χ1n) is 10.3. The molecule has 0 bridgehead atoms. The molecule has 33 heavy (non-hydrogen) atoms. The Balaban J connectivity index is 2.13. The van der Waals surface area contributed by atoms with Gasteiger partial charge in [-0.15, -0.1) is 0 Å². The minimum absolute atomic E-state index is 0.0588. The molecule has 0 aliphatic heterocycles. The number of nitrogens with zero attached hydrogens (tertiary/aromatic N) is 1. The number of hydrazone groups is 1. The van der Waals surface area contributed by atoms with Gasteiger partial charge in [-0.1, -0.05) is 31.5 Å². The average Bonchev–Trinajstić information content (AvgIpc) is 2.73. The van der Waals surface area contributed by atoms with Gasteiger partial charge in [0.05, 0.1) is 18.2 Å². The number of benzene rings is 2. The van der Waals surface area contributed by atoms with Crippen LogP contribution in [0.4, 0.5) is 0 Å². The minimum Gasteiger partial charge on any atom is -0.493 e. The Morgan fingerprint density at radius 1 is 1.09 bits per heavy atom. The van der Waals surface area contributed by atoms with E-state index in [4.69, 9.17) is 9.47 Å². The highest BCUT2D eigenvalue weighted by molar-refractivity contribution is 7.89. The molecule has 1 atom stereocenters. The van der Waals surface area contributed by atoms with Crippen LogP contribution in [-0.4, -0.2) is 39.7 Å². The number of methoxy groups -OCH3 is 1. The Bertz CT molecular complexity index is 1110. The molecule has 2 N–H and O–H groups in total. The van der Waals surface area contributed by atoms with Crippen LogP contribution in [0.3, 0.4) is 0 Å². The summed E-state index contributed by atoms with van der Waals surface area (Å²) in [4.78, 5) is 23.9. The first-order chi connectivity index (χ1) is 15.5. The van der Waals surface area contributed by atoms with Crippen molar-refractivity contribution in [3.05, 3.63) is 53.6 Å². The highest BCUT2D eigenvalue weighted by Crippen LogP contribution is 2.27. The molecular weight excluding hydrogens is 446 g/mol. The second kappa shape index (κ2) is 11.6. The lowest BCUT2D eigenvalue weighted by atomic mass is 10.0. The maximum atomic E-state index is 12.7. The molecule has 10 heteroatoms. The van der Waals surface area contributed by atoms with Crippen LogP contribution in [0.1, 0.15) is 38.3 Å². The molecule has 2 aromatic rings. The Morgan fingerprint density at radius 3 is 2.33 bits per heavy atom. The van der Waals surface area contributed by atoms with Crippen LogP contribution in [0.2, 0.25) is 0 Å². The van der Waals surface area contributed by atoms with Gasteiger partial charge in [0.15, 0.2) is 11.5 Å². The number of hydrogen-bond acceptors (Lipinski definition) is 7. The van der Waals surface area contributed by atoms with E-state index < -0.39 is 27.9 Å². The number of aryl methyl sites for hydroxylation is 1. The number of esters is 1. The quantitative estimate of drug-likeness (QED) is 0.236. The summed E-state index contributed by atoms with van der Waals surface area (Å²) in [5.74, 6) is -0.424. The third-order valence-corrected chi connectivity index (χ3v) is 5.97. The van der Waals surface area contributed by atoms with Gasteiger partial charge in [-0.05, 0) is 55.2 Å². The Kier molecular flexibility index (Phi) is 9.12. The molecule has 0 saturated heterocycles.